The van der Waals surface area contributed by atoms with Crippen molar-refractivity contribution in [3.05, 3.63) is 59.9 Å². The zero-order valence-corrected chi connectivity index (χ0v) is 15.9. The van der Waals surface area contributed by atoms with Gasteiger partial charge in [0.25, 0.3) is 0 Å². The molecule has 0 bridgehead atoms. The van der Waals surface area contributed by atoms with Crippen LogP contribution in [0, 0.1) is 0 Å². The normalized spacial score (nSPS) is 17.4. The summed E-state index contributed by atoms with van der Waals surface area (Å²) >= 11 is 6.03. The topological polar surface area (TPSA) is 91.0 Å². The van der Waals surface area contributed by atoms with E-state index in [1.807, 2.05) is 29.3 Å². The van der Waals surface area contributed by atoms with Crippen LogP contribution < -0.4 is 9.62 Å². The molecule has 1 unspecified atom stereocenters. The molecule has 3 aromatic rings. The van der Waals surface area contributed by atoms with Crippen molar-refractivity contribution in [2.24, 2.45) is 0 Å². The lowest BCUT2D eigenvalue weighted by Gasteiger charge is -2.17. The number of nitrogens with one attached hydrogen (secondary N) is 2. The highest BCUT2D eigenvalue weighted by Gasteiger charge is 2.29. The molecule has 140 valence electrons. The van der Waals surface area contributed by atoms with E-state index < -0.39 is 10.0 Å². The van der Waals surface area contributed by atoms with Crippen LogP contribution in [0.1, 0.15) is 6.42 Å². The van der Waals surface area contributed by atoms with Crippen molar-refractivity contribution in [2.45, 2.75) is 17.4 Å². The van der Waals surface area contributed by atoms with Gasteiger partial charge in [-0.2, -0.15) is 0 Å². The number of aromatic amines is 1. The van der Waals surface area contributed by atoms with Crippen molar-refractivity contribution in [1.29, 1.82) is 0 Å². The number of H-pyrrole nitrogens is 1. The summed E-state index contributed by atoms with van der Waals surface area (Å²) in [5.74, 6) is 0.585. The van der Waals surface area contributed by atoms with E-state index in [4.69, 9.17) is 11.6 Å². The highest BCUT2D eigenvalue weighted by molar-refractivity contribution is 7.89. The lowest BCUT2D eigenvalue weighted by atomic mass is 10.3. The summed E-state index contributed by atoms with van der Waals surface area (Å²) in [5, 5.41) is 0.210. The van der Waals surface area contributed by atoms with Crippen LogP contribution >= 0.6 is 11.6 Å². The highest BCUT2D eigenvalue weighted by Crippen LogP contribution is 2.24. The molecule has 0 aliphatic carbocycles. The van der Waals surface area contributed by atoms with E-state index in [1.165, 1.54) is 6.07 Å². The van der Waals surface area contributed by atoms with Crippen molar-refractivity contribution in [2.75, 3.05) is 18.0 Å². The molecule has 1 aliphatic heterocycles. The molecule has 27 heavy (non-hydrogen) atoms. The van der Waals surface area contributed by atoms with Crippen LogP contribution in [0.15, 0.2) is 59.8 Å². The molecule has 0 saturated carbocycles. The molecule has 1 aromatic carbocycles. The second-order valence-corrected chi connectivity index (χ2v) is 8.40. The maximum absolute atomic E-state index is 12.6. The number of benzene rings is 1. The van der Waals surface area contributed by atoms with Crippen molar-refractivity contribution in [3.63, 3.8) is 0 Å². The van der Waals surface area contributed by atoms with Crippen LogP contribution in [0.3, 0.4) is 0 Å². The molecule has 9 heteroatoms. The molecular formula is C18H18ClN5O2S. The SMILES string of the molecule is O=S(=O)(NC1CCN(c2nccc(-c3ccc[nH]3)n2)C1)c1ccccc1Cl. The average Bonchev–Trinajstić information content (AvgIpc) is 3.34. The lowest BCUT2D eigenvalue weighted by Crippen LogP contribution is -2.37. The predicted octanol–water partition coefficient (Wildman–Crippen LogP) is 2.68. The van der Waals surface area contributed by atoms with Gasteiger partial charge in [-0.1, -0.05) is 23.7 Å². The average molecular weight is 404 g/mol. The van der Waals surface area contributed by atoms with Crippen LogP contribution in [0.25, 0.3) is 11.4 Å². The summed E-state index contributed by atoms with van der Waals surface area (Å²) < 4.78 is 28.0. The minimum atomic E-state index is -3.68. The number of anilines is 1. The minimum absolute atomic E-state index is 0.0927. The fraction of sp³-hybridized carbons (Fsp3) is 0.222. The smallest absolute Gasteiger partial charge is 0.242 e. The number of halogens is 1. The van der Waals surface area contributed by atoms with Gasteiger partial charge in [0.15, 0.2) is 0 Å². The standard InChI is InChI=1S/C18H18ClN5O2S/c19-14-4-1-2-6-17(14)27(25,26)23-13-8-11-24(12-13)18-21-10-7-16(22-18)15-5-3-9-20-15/h1-7,9-10,13,20,23H,8,11-12H2. The molecule has 7 nitrogen and oxygen atoms in total. The van der Waals surface area contributed by atoms with Crippen LogP contribution in [0.5, 0.6) is 0 Å². The third kappa shape index (κ3) is 3.83. The molecule has 0 amide bonds. The van der Waals surface area contributed by atoms with Gasteiger partial charge >= 0.3 is 0 Å². The third-order valence-electron chi connectivity index (χ3n) is 4.44. The van der Waals surface area contributed by atoms with Gasteiger partial charge in [-0.25, -0.2) is 23.1 Å². The van der Waals surface area contributed by atoms with Gasteiger partial charge in [0, 0.05) is 31.5 Å². The lowest BCUT2D eigenvalue weighted by molar-refractivity contribution is 0.561. The first-order valence-corrected chi connectivity index (χ1v) is 10.4. The van der Waals surface area contributed by atoms with E-state index in [2.05, 4.69) is 19.7 Å². The maximum atomic E-state index is 12.6. The number of hydrogen-bond acceptors (Lipinski definition) is 5. The van der Waals surface area contributed by atoms with Crippen LogP contribution in [0.2, 0.25) is 5.02 Å². The summed E-state index contributed by atoms with van der Waals surface area (Å²) in [7, 11) is -3.68. The molecule has 0 radical (unpaired) electrons. The molecule has 0 spiro atoms. The van der Waals surface area contributed by atoms with Gasteiger partial charge in [-0.05, 0) is 36.8 Å². The Hall–Kier alpha value is -2.42. The molecule has 1 aliphatic rings. The molecular weight excluding hydrogens is 386 g/mol. The van der Waals surface area contributed by atoms with E-state index in [1.54, 1.807) is 24.4 Å². The molecule has 3 heterocycles. The van der Waals surface area contributed by atoms with Crippen molar-refractivity contribution in [1.82, 2.24) is 19.7 Å². The van der Waals surface area contributed by atoms with Crippen molar-refractivity contribution < 1.29 is 8.42 Å². The Morgan fingerprint density at radius 2 is 2.04 bits per heavy atom. The molecule has 2 aromatic heterocycles. The molecule has 4 rings (SSSR count). The second-order valence-electron chi connectivity index (χ2n) is 6.31. The number of nitrogens with zero attached hydrogens (tertiary/aromatic N) is 3. The quantitative estimate of drug-likeness (QED) is 0.683. The van der Waals surface area contributed by atoms with Crippen LogP contribution in [-0.2, 0) is 10.0 Å². The van der Waals surface area contributed by atoms with Crippen LogP contribution in [-0.4, -0.2) is 42.5 Å². The summed E-state index contributed by atoms with van der Waals surface area (Å²) in [6.07, 6.45) is 4.21. The summed E-state index contributed by atoms with van der Waals surface area (Å²) in [6.45, 7) is 1.17. The number of rotatable bonds is 5. The summed E-state index contributed by atoms with van der Waals surface area (Å²) in [5.41, 5.74) is 1.71. The van der Waals surface area contributed by atoms with Gasteiger partial charge in [-0.15, -0.1) is 0 Å². The van der Waals surface area contributed by atoms with E-state index in [9.17, 15) is 8.42 Å². The first-order chi connectivity index (χ1) is 13.0. The largest absolute Gasteiger partial charge is 0.360 e. The molecule has 1 saturated heterocycles. The van der Waals surface area contributed by atoms with Crippen molar-refractivity contribution >= 4 is 27.6 Å². The van der Waals surface area contributed by atoms with E-state index in [0.717, 1.165) is 11.4 Å². The minimum Gasteiger partial charge on any atom is -0.360 e. The summed E-state index contributed by atoms with van der Waals surface area (Å²) in [4.78, 5) is 14.1. The Labute approximate surface area is 162 Å². The maximum Gasteiger partial charge on any atom is 0.242 e. The Morgan fingerprint density at radius 1 is 1.19 bits per heavy atom. The van der Waals surface area contributed by atoms with E-state index in [0.29, 0.717) is 25.5 Å². The number of sulfonamides is 1. The number of hydrogen-bond donors (Lipinski definition) is 2. The highest BCUT2D eigenvalue weighted by atomic mass is 35.5. The molecule has 1 atom stereocenters. The molecule has 2 N–H and O–H groups in total. The first-order valence-electron chi connectivity index (χ1n) is 8.51. The fourth-order valence-electron chi connectivity index (χ4n) is 3.12. The fourth-order valence-corrected chi connectivity index (χ4v) is 4.91. The van der Waals surface area contributed by atoms with Gasteiger partial charge in [-0.3, -0.25) is 0 Å². The van der Waals surface area contributed by atoms with Gasteiger partial charge in [0.05, 0.1) is 16.4 Å². The Bertz CT molecular complexity index is 1040. The monoisotopic (exact) mass is 403 g/mol. The van der Waals surface area contributed by atoms with Crippen molar-refractivity contribution in [3.8, 4) is 11.4 Å². The van der Waals surface area contributed by atoms with E-state index in [-0.39, 0.29) is 16.0 Å². The zero-order chi connectivity index (χ0) is 18.9. The Kier molecular flexibility index (Phi) is 4.86. The number of aromatic nitrogens is 3. The van der Waals surface area contributed by atoms with Gasteiger partial charge in [0.2, 0.25) is 16.0 Å². The Morgan fingerprint density at radius 3 is 2.81 bits per heavy atom. The Balaban J connectivity index is 1.48. The predicted molar refractivity (Wildman–Crippen MR) is 104 cm³/mol. The summed E-state index contributed by atoms with van der Waals surface area (Å²) in [6, 6.07) is 11.9. The zero-order valence-electron chi connectivity index (χ0n) is 14.3. The van der Waals surface area contributed by atoms with E-state index >= 15 is 0 Å². The first kappa shape index (κ1) is 18.0. The second kappa shape index (κ2) is 7.30. The van der Waals surface area contributed by atoms with Gasteiger partial charge < -0.3 is 9.88 Å². The van der Waals surface area contributed by atoms with Gasteiger partial charge in [0.1, 0.15) is 4.90 Å². The molecule has 1 fully saturated rings. The third-order valence-corrected chi connectivity index (χ3v) is 6.46. The van der Waals surface area contributed by atoms with Crippen LogP contribution in [0.4, 0.5) is 5.95 Å².